The first-order valence-corrected chi connectivity index (χ1v) is 6.44. The van der Waals surface area contributed by atoms with Gasteiger partial charge in [-0.3, -0.25) is 0 Å². The highest BCUT2D eigenvalue weighted by Gasteiger charge is 2.10. The maximum atomic E-state index is 5.35. The fraction of sp³-hybridized carbons (Fsp3) is 0.308. The lowest BCUT2D eigenvalue weighted by Gasteiger charge is -2.28. The summed E-state index contributed by atoms with van der Waals surface area (Å²) in [5, 5.41) is 0. The molecule has 94 valence electrons. The molecular weight excluding hydrogens is 246 g/mol. The molecule has 1 aromatic heterocycles. The van der Waals surface area contributed by atoms with Crippen LogP contribution in [0.2, 0.25) is 0 Å². The van der Waals surface area contributed by atoms with Gasteiger partial charge in [0.25, 0.3) is 0 Å². The van der Waals surface area contributed by atoms with E-state index in [4.69, 9.17) is 17.0 Å². The second-order valence-corrected chi connectivity index (χ2v) is 4.71. The zero-order valence-corrected chi connectivity index (χ0v) is 10.8. The molecule has 0 amide bonds. The second-order valence-electron chi connectivity index (χ2n) is 4.30. The molecule has 2 heterocycles. The molecule has 1 aliphatic rings. The predicted octanol–water partition coefficient (Wildman–Crippen LogP) is 2.58. The molecule has 1 aliphatic heterocycles. The molecule has 0 aliphatic carbocycles. The third kappa shape index (κ3) is 2.32. The van der Waals surface area contributed by atoms with Crippen LogP contribution in [0.4, 0.5) is 5.69 Å². The number of anilines is 1. The number of hydrogen-bond donors (Lipinski definition) is 2. The number of nitrogens with one attached hydrogen (secondary N) is 2. The van der Waals surface area contributed by atoms with E-state index in [2.05, 4.69) is 39.1 Å². The lowest BCUT2D eigenvalue weighted by atomic mass is 10.1. The third-order valence-corrected chi connectivity index (χ3v) is 3.37. The SMILES string of the molecule is S=c1[nH]cc(-c2ccc(N3CCOCC3)cc2)[nH]1. The van der Waals surface area contributed by atoms with E-state index in [0.29, 0.717) is 4.77 Å². The van der Waals surface area contributed by atoms with Gasteiger partial charge < -0.3 is 19.6 Å². The van der Waals surface area contributed by atoms with Crippen LogP contribution in [0.25, 0.3) is 11.3 Å². The summed E-state index contributed by atoms with van der Waals surface area (Å²) in [7, 11) is 0. The number of morpholine rings is 1. The topological polar surface area (TPSA) is 44.0 Å². The molecule has 3 rings (SSSR count). The number of rotatable bonds is 2. The van der Waals surface area contributed by atoms with E-state index in [9.17, 15) is 0 Å². The van der Waals surface area contributed by atoms with E-state index in [0.717, 1.165) is 37.6 Å². The van der Waals surface area contributed by atoms with E-state index in [1.807, 2.05) is 6.20 Å². The maximum Gasteiger partial charge on any atom is 0.174 e. The summed E-state index contributed by atoms with van der Waals surface area (Å²) in [6.07, 6.45) is 1.89. The van der Waals surface area contributed by atoms with Crippen LogP contribution in [0.5, 0.6) is 0 Å². The minimum absolute atomic E-state index is 0.655. The number of aromatic amines is 2. The van der Waals surface area contributed by atoms with Gasteiger partial charge in [-0.25, -0.2) is 0 Å². The van der Waals surface area contributed by atoms with Crippen LogP contribution < -0.4 is 4.90 Å². The molecular formula is C13H15N3OS. The van der Waals surface area contributed by atoms with Crippen molar-refractivity contribution in [2.45, 2.75) is 0 Å². The fourth-order valence-electron chi connectivity index (χ4n) is 2.16. The molecule has 2 aromatic rings. The molecule has 1 saturated heterocycles. The Kier molecular flexibility index (Phi) is 3.17. The average Bonchev–Trinajstić information content (AvgIpc) is 2.87. The molecule has 0 bridgehead atoms. The normalized spacial score (nSPS) is 15.9. The van der Waals surface area contributed by atoms with Crippen LogP contribution in [-0.4, -0.2) is 36.3 Å². The van der Waals surface area contributed by atoms with Gasteiger partial charge in [-0.1, -0.05) is 12.1 Å². The molecule has 0 atom stereocenters. The van der Waals surface area contributed by atoms with Crippen LogP contribution in [0.3, 0.4) is 0 Å². The van der Waals surface area contributed by atoms with Crippen molar-refractivity contribution in [2.75, 3.05) is 31.2 Å². The molecule has 18 heavy (non-hydrogen) atoms. The Hall–Kier alpha value is -1.59. The summed E-state index contributed by atoms with van der Waals surface area (Å²) < 4.78 is 6.01. The second kappa shape index (κ2) is 4.96. The largest absolute Gasteiger partial charge is 0.378 e. The number of imidazole rings is 1. The molecule has 1 fully saturated rings. The monoisotopic (exact) mass is 261 g/mol. The number of H-pyrrole nitrogens is 2. The van der Waals surface area contributed by atoms with Crippen LogP contribution in [-0.2, 0) is 4.74 Å². The van der Waals surface area contributed by atoms with Gasteiger partial charge in [0.1, 0.15) is 0 Å². The summed E-state index contributed by atoms with van der Waals surface area (Å²) in [5.41, 5.74) is 3.41. The molecule has 5 heteroatoms. The first-order valence-electron chi connectivity index (χ1n) is 6.04. The van der Waals surface area contributed by atoms with E-state index < -0.39 is 0 Å². The molecule has 0 spiro atoms. The van der Waals surface area contributed by atoms with Crippen molar-refractivity contribution >= 4 is 17.9 Å². The third-order valence-electron chi connectivity index (χ3n) is 3.15. The Morgan fingerprint density at radius 1 is 1.11 bits per heavy atom. The molecule has 0 saturated carbocycles. The number of benzene rings is 1. The van der Waals surface area contributed by atoms with Gasteiger partial charge in [0.05, 0.1) is 18.9 Å². The molecule has 0 unspecified atom stereocenters. The number of nitrogens with zero attached hydrogens (tertiary/aromatic N) is 1. The summed E-state index contributed by atoms with van der Waals surface area (Å²) >= 11 is 5.03. The lowest BCUT2D eigenvalue weighted by Crippen LogP contribution is -2.36. The minimum Gasteiger partial charge on any atom is -0.378 e. The lowest BCUT2D eigenvalue weighted by molar-refractivity contribution is 0.122. The molecule has 2 N–H and O–H groups in total. The summed E-state index contributed by atoms with van der Waals surface area (Å²) in [4.78, 5) is 8.43. The van der Waals surface area contributed by atoms with Crippen LogP contribution in [0, 0.1) is 4.77 Å². The summed E-state index contributed by atoms with van der Waals surface area (Å²) in [5.74, 6) is 0. The summed E-state index contributed by atoms with van der Waals surface area (Å²) in [6.45, 7) is 3.55. The van der Waals surface area contributed by atoms with Gasteiger partial charge in [-0.2, -0.15) is 0 Å². The Labute approximate surface area is 111 Å². The van der Waals surface area contributed by atoms with Crippen molar-refractivity contribution in [3.63, 3.8) is 0 Å². The Balaban J connectivity index is 1.82. The number of ether oxygens (including phenoxy) is 1. The molecule has 0 radical (unpaired) electrons. The first kappa shape index (κ1) is 11.5. The zero-order chi connectivity index (χ0) is 12.4. The van der Waals surface area contributed by atoms with Crippen molar-refractivity contribution in [3.05, 3.63) is 35.2 Å². The smallest absolute Gasteiger partial charge is 0.174 e. The van der Waals surface area contributed by atoms with E-state index in [1.165, 1.54) is 5.69 Å². The van der Waals surface area contributed by atoms with Crippen molar-refractivity contribution in [1.29, 1.82) is 0 Å². The molecule has 1 aromatic carbocycles. The van der Waals surface area contributed by atoms with Crippen LogP contribution in [0.1, 0.15) is 0 Å². The van der Waals surface area contributed by atoms with Gasteiger partial charge in [-0.05, 0) is 29.9 Å². The van der Waals surface area contributed by atoms with Crippen molar-refractivity contribution in [1.82, 2.24) is 9.97 Å². The van der Waals surface area contributed by atoms with E-state index in [-0.39, 0.29) is 0 Å². The quantitative estimate of drug-likeness (QED) is 0.817. The van der Waals surface area contributed by atoms with Crippen LogP contribution in [0.15, 0.2) is 30.5 Å². The molecule has 4 nitrogen and oxygen atoms in total. The van der Waals surface area contributed by atoms with Crippen molar-refractivity contribution < 1.29 is 4.74 Å². The maximum absolute atomic E-state index is 5.35. The van der Waals surface area contributed by atoms with Gasteiger partial charge in [-0.15, -0.1) is 0 Å². The standard InChI is InChI=1S/C13H15N3OS/c18-13-14-9-12(15-13)10-1-3-11(4-2-10)16-5-7-17-8-6-16/h1-4,9H,5-8H2,(H2,14,15,18). The highest BCUT2D eigenvalue weighted by Crippen LogP contribution is 2.22. The highest BCUT2D eigenvalue weighted by atomic mass is 32.1. The summed E-state index contributed by atoms with van der Waals surface area (Å²) in [6, 6.07) is 8.51. The van der Waals surface area contributed by atoms with Gasteiger partial charge in [0, 0.05) is 25.0 Å². The number of hydrogen-bond acceptors (Lipinski definition) is 3. The van der Waals surface area contributed by atoms with E-state index >= 15 is 0 Å². The first-order chi connectivity index (χ1) is 8.83. The fourth-order valence-corrected chi connectivity index (χ4v) is 2.33. The average molecular weight is 261 g/mol. The Bertz CT molecular complexity index is 566. The number of aromatic nitrogens is 2. The highest BCUT2D eigenvalue weighted by molar-refractivity contribution is 7.71. The van der Waals surface area contributed by atoms with Gasteiger partial charge in [0.15, 0.2) is 4.77 Å². The van der Waals surface area contributed by atoms with Crippen molar-refractivity contribution in [2.24, 2.45) is 0 Å². The van der Waals surface area contributed by atoms with Crippen LogP contribution >= 0.6 is 12.2 Å². The van der Waals surface area contributed by atoms with E-state index in [1.54, 1.807) is 0 Å². The minimum atomic E-state index is 0.655. The van der Waals surface area contributed by atoms with Gasteiger partial charge >= 0.3 is 0 Å². The predicted molar refractivity (Wildman–Crippen MR) is 74.4 cm³/mol. The van der Waals surface area contributed by atoms with Gasteiger partial charge in [0.2, 0.25) is 0 Å². The Morgan fingerprint density at radius 2 is 1.83 bits per heavy atom. The van der Waals surface area contributed by atoms with Crippen molar-refractivity contribution in [3.8, 4) is 11.3 Å². The zero-order valence-electron chi connectivity index (χ0n) is 9.98. The Morgan fingerprint density at radius 3 is 2.44 bits per heavy atom.